The van der Waals surface area contributed by atoms with E-state index in [1.807, 2.05) is 0 Å². The third kappa shape index (κ3) is 3.21. The zero-order valence-corrected chi connectivity index (χ0v) is 12.7. The molecular formula is C13H17BrF2N2O2. The van der Waals surface area contributed by atoms with Gasteiger partial charge in [-0.2, -0.15) is 0 Å². The fraction of sp³-hybridized carbons (Fsp3) is 0.538. The Hall–Kier alpha value is -0.920. The highest BCUT2D eigenvalue weighted by molar-refractivity contribution is 9.10. The van der Waals surface area contributed by atoms with E-state index in [0.29, 0.717) is 36.4 Å². The van der Waals surface area contributed by atoms with Crippen LogP contribution in [-0.4, -0.2) is 49.7 Å². The Kier molecular flexibility index (Phi) is 5.17. The number of alkyl halides is 2. The molecule has 1 aliphatic rings. The zero-order valence-electron chi connectivity index (χ0n) is 11.1. The molecule has 7 heteroatoms. The first-order chi connectivity index (χ1) is 9.54. The monoisotopic (exact) mass is 350 g/mol. The summed E-state index contributed by atoms with van der Waals surface area (Å²) in [5.41, 5.74) is 0.188. The van der Waals surface area contributed by atoms with Crippen LogP contribution in [0.2, 0.25) is 0 Å². The van der Waals surface area contributed by atoms with Crippen molar-refractivity contribution in [2.75, 3.05) is 33.3 Å². The van der Waals surface area contributed by atoms with Gasteiger partial charge >= 0.3 is 0 Å². The second kappa shape index (κ2) is 6.69. The van der Waals surface area contributed by atoms with Crippen molar-refractivity contribution in [1.29, 1.82) is 0 Å². The van der Waals surface area contributed by atoms with Gasteiger partial charge in [0, 0.05) is 31.7 Å². The van der Waals surface area contributed by atoms with Crippen LogP contribution < -0.4 is 10.1 Å². The molecular weight excluding hydrogens is 334 g/mol. The van der Waals surface area contributed by atoms with Gasteiger partial charge in [0.1, 0.15) is 17.5 Å². The first kappa shape index (κ1) is 15.5. The lowest BCUT2D eigenvalue weighted by molar-refractivity contribution is 0.0169. The van der Waals surface area contributed by atoms with Gasteiger partial charge in [-0.1, -0.05) is 0 Å². The summed E-state index contributed by atoms with van der Waals surface area (Å²) >= 11 is 3.17. The third-order valence-corrected chi connectivity index (χ3v) is 4.01. The van der Waals surface area contributed by atoms with Gasteiger partial charge < -0.3 is 15.2 Å². The van der Waals surface area contributed by atoms with Gasteiger partial charge in [0.2, 0.25) is 0 Å². The Labute approximate surface area is 124 Å². The summed E-state index contributed by atoms with van der Waals surface area (Å²) < 4.78 is 32.4. The van der Waals surface area contributed by atoms with Crippen molar-refractivity contribution in [3.05, 3.63) is 22.2 Å². The van der Waals surface area contributed by atoms with Crippen LogP contribution in [0.5, 0.6) is 11.5 Å². The van der Waals surface area contributed by atoms with E-state index in [0.717, 1.165) is 0 Å². The number of hydrogen-bond acceptors (Lipinski definition) is 4. The van der Waals surface area contributed by atoms with Crippen molar-refractivity contribution < 1.29 is 18.6 Å². The van der Waals surface area contributed by atoms with Crippen LogP contribution in [0.4, 0.5) is 8.78 Å². The van der Waals surface area contributed by atoms with Gasteiger partial charge in [-0.3, -0.25) is 4.90 Å². The molecule has 1 atom stereocenters. The topological polar surface area (TPSA) is 44.7 Å². The molecule has 0 saturated carbocycles. The van der Waals surface area contributed by atoms with Gasteiger partial charge in [0.05, 0.1) is 11.6 Å². The molecule has 112 valence electrons. The summed E-state index contributed by atoms with van der Waals surface area (Å²) in [7, 11) is 1.46. The number of halogens is 3. The van der Waals surface area contributed by atoms with E-state index in [9.17, 15) is 13.9 Å². The van der Waals surface area contributed by atoms with Crippen LogP contribution in [0.25, 0.3) is 0 Å². The van der Waals surface area contributed by atoms with Crippen LogP contribution >= 0.6 is 15.9 Å². The maximum atomic E-state index is 13.5. The molecule has 1 fully saturated rings. The zero-order chi connectivity index (χ0) is 14.7. The highest BCUT2D eigenvalue weighted by atomic mass is 79.9. The maximum Gasteiger partial charge on any atom is 0.258 e. The third-order valence-electron chi connectivity index (χ3n) is 3.40. The number of hydrogen-bond donors (Lipinski definition) is 2. The average Bonchev–Trinajstić information content (AvgIpc) is 2.44. The molecule has 0 aromatic heterocycles. The smallest absolute Gasteiger partial charge is 0.258 e. The molecule has 0 bridgehead atoms. The lowest BCUT2D eigenvalue weighted by Gasteiger charge is -2.35. The van der Waals surface area contributed by atoms with Crippen LogP contribution in [0, 0.1) is 0 Å². The summed E-state index contributed by atoms with van der Waals surface area (Å²) in [5, 5.41) is 13.2. The van der Waals surface area contributed by atoms with Crippen LogP contribution in [-0.2, 0) is 0 Å². The van der Waals surface area contributed by atoms with E-state index in [2.05, 4.69) is 21.2 Å². The number of rotatable bonds is 4. The molecule has 2 rings (SSSR count). The van der Waals surface area contributed by atoms with Crippen molar-refractivity contribution in [3.8, 4) is 11.5 Å². The van der Waals surface area contributed by atoms with Gasteiger partial charge in [0.25, 0.3) is 6.43 Å². The molecule has 1 aromatic rings. The number of piperazine rings is 1. The van der Waals surface area contributed by atoms with Crippen LogP contribution in [0.3, 0.4) is 0 Å². The van der Waals surface area contributed by atoms with E-state index in [1.165, 1.54) is 13.2 Å². The van der Waals surface area contributed by atoms with E-state index >= 15 is 0 Å². The second-order valence-electron chi connectivity index (χ2n) is 4.61. The molecule has 0 aliphatic carbocycles. The molecule has 2 N–H and O–H groups in total. The Morgan fingerprint density at radius 3 is 2.55 bits per heavy atom. The van der Waals surface area contributed by atoms with E-state index < -0.39 is 12.5 Å². The van der Waals surface area contributed by atoms with Gasteiger partial charge in [-0.25, -0.2) is 8.78 Å². The second-order valence-corrected chi connectivity index (χ2v) is 5.47. The predicted molar refractivity (Wildman–Crippen MR) is 75.5 cm³/mol. The number of methoxy groups -OCH3 is 1. The van der Waals surface area contributed by atoms with Gasteiger partial charge in [-0.15, -0.1) is 0 Å². The van der Waals surface area contributed by atoms with E-state index in [-0.39, 0.29) is 11.3 Å². The highest BCUT2D eigenvalue weighted by Crippen LogP contribution is 2.40. The highest BCUT2D eigenvalue weighted by Gasteiger charge is 2.33. The Balaban J connectivity index is 2.40. The molecule has 1 aliphatic heterocycles. The summed E-state index contributed by atoms with van der Waals surface area (Å²) in [4.78, 5) is 1.68. The number of phenolic OH excluding ortho intramolecular Hbond substituents is 1. The minimum absolute atomic E-state index is 0.158. The van der Waals surface area contributed by atoms with Crippen molar-refractivity contribution in [2.45, 2.75) is 12.5 Å². The number of benzene rings is 1. The molecule has 0 amide bonds. The van der Waals surface area contributed by atoms with Crippen molar-refractivity contribution in [2.24, 2.45) is 0 Å². The van der Waals surface area contributed by atoms with Gasteiger partial charge in [-0.05, 0) is 28.1 Å². The number of ether oxygens (including phenoxy) is 1. The largest absolute Gasteiger partial charge is 0.506 e. The average molecular weight is 351 g/mol. The van der Waals surface area contributed by atoms with Crippen LogP contribution in [0.15, 0.2) is 16.6 Å². The molecule has 0 radical (unpaired) electrons. The number of nitrogens with zero attached hydrogens (tertiary/aromatic N) is 1. The summed E-state index contributed by atoms with van der Waals surface area (Å²) in [6, 6.07) is 1.89. The molecule has 4 nitrogen and oxygen atoms in total. The van der Waals surface area contributed by atoms with E-state index in [1.54, 1.807) is 11.0 Å². The predicted octanol–water partition coefficient (Wildman–Crippen LogP) is 2.37. The van der Waals surface area contributed by atoms with Crippen LogP contribution in [0.1, 0.15) is 11.6 Å². The lowest BCUT2D eigenvalue weighted by atomic mass is 10.0. The molecule has 20 heavy (non-hydrogen) atoms. The Morgan fingerprint density at radius 1 is 1.35 bits per heavy atom. The molecule has 0 spiro atoms. The Bertz CT molecular complexity index is 468. The normalized spacial score (nSPS) is 18.2. The van der Waals surface area contributed by atoms with Crippen molar-refractivity contribution in [3.63, 3.8) is 0 Å². The quantitative estimate of drug-likeness (QED) is 0.874. The molecule has 1 saturated heterocycles. The van der Waals surface area contributed by atoms with Gasteiger partial charge in [0.15, 0.2) is 0 Å². The lowest BCUT2D eigenvalue weighted by Crippen LogP contribution is -2.46. The number of aromatic hydroxyl groups is 1. The maximum absolute atomic E-state index is 13.5. The minimum Gasteiger partial charge on any atom is -0.506 e. The van der Waals surface area contributed by atoms with E-state index in [4.69, 9.17) is 4.74 Å². The molecule has 1 aromatic carbocycles. The fourth-order valence-electron chi connectivity index (χ4n) is 2.39. The first-order valence-corrected chi connectivity index (χ1v) is 7.13. The number of phenols is 1. The SMILES string of the molecule is COc1cc(Br)c(O)c([C@@H](C(F)F)N2CCNCC2)c1. The Morgan fingerprint density at radius 2 is 2.00 bits per heavy atom. The van der Waals surface area contributed by atoms with Crippen molar-refractivity contribution >= 4 is 15.9 Å². The summed E-state index contributed by atoms with van der Waals surface area (Å²) in [6.07, 6.45) is -2.59. The number of nitrogens with one attached hydrogen (secondary N) is 1. The standard InChI is InChI=1S/C13H17BrF2N2O2/c1-20-8-6-9(12(19)10(14)7-8)11(13(15)16)18-4-2-17-3-5-18/h6-7,11,13,17,19H,2-5H2,1H3/t11-/m0/s1. The van der Waals surface area contributed by atoms with Crippen molar-refractivity contribution in [1.82, 2.24) is 10.2 Å². The summed E-state index contributed by atoms with van der Waals surface area (Å²) in [5.74, 6) is 0.278. The minimum atomic E-state index is -2.59. The first-order valence-electron chi connectivity index (χ1n) is 6.34. The molecule has 1 heterocycles. The summed E-state index contributed by atoms with van der Waals surface area (Å²) in [6.45, 7) is 2.36. The fourth-order valence-corrected chi connectivity index (χ4v) is 2.84. The molecule has 0 unspecified atom stereocenters.